The Labute approximate surface area is 190 Å². The van der Waals surface area contributed by atoms with Gasteiger partial charge in [-0.1, -0.05) is 30.3 Å². The summed E-state index contributed by atoms with van der Waals surface area (Å²) in [5.74, 6) is -4.97. The standard InChI is InChI=1S/C21H30N4O8/c1-11(23-20(31)17(22)12(2)26)18(29)25-15(10-13-6-4-3-5-7-13)19(30)24-14(21(32)33)8-9-16(27)28/h3-7,11-12,14-15,17,26H,8-10,22H2,1-2H3,(H,23,31)(H,24,30)(H,25,29)(H,27,28)(H,32,33). The SMILES string of the molecule is CC(NC(=O)C(N)C(C)O)C(=O)NC(Cc1ccccc1)C(=O)NC(CCC(=O)O)C(=O)O. The molecular weight excluding hydrogens is 436 g/mol. The van der Waals surface area contributed by atoms with Crippen LogP contribution in [0.5, 0.6) is 0 Å². The number of carbonyl (C=O) groups is 5. The second kappa shape index (κ2) is 13.1. The summed E-state index contributed by atoms with van der Waals surface area (Å²) in [6.45, 7) is 2.67. The van der Waals surface area contributed by atoms with Gasteiger partial charge in [-0.25, -0.2) is 4.79 Å². The third-order valence-corrected chi connectivity index (χ3v) is 4.75. The molecule has 5 unspecified atom stereocenters. The van der Waals surface area contributed by atoms with Gasteiger partial charge in [0.2, 0.25) is 17.7 Å². The maximum absolute atomic E-state index is 12.8. The number of carboxylic acids is 2. The molecule has 0 bridgehead atoms. The van der Waals surface area contributed by atoms with E-state index in [2.05, 4.69) is 16.0 Å². The van der Waals surface area contributed by atoms with Crippen LogP contribution < -0.4 is 21.7 Å². The van der Waals surface area contributed by atoms with E-state index in [1.165, 1.54) is 13.8 Å². The summed E-state index contributed by atoms with van der Waals surface area (Å²) in [6.07, 6.45) is -1.95. The average Bonchev–Trinajstić information content (AvgIpc) is 2.75. The van der Waals surface area contributed by atoms with E-state index >= 15 is 0 Å². The van der Waals surface area contributed by atoms with Crippen molar-refractivity contribution >= 4 is 29.7 Å². The van der Waals surface area contributed by atoms with Gasteiger partial charge in [0.15, 0.2) is 0 Å². The van der Waals surface area contributed by atoms with Gasteiger partial charge in [-0.15, -0.1) is 0 Å². The molecule has 12 heteroatoms. The molecule has 0 radical (unpaired) electrons. The number of carbonyl (C=O) groups excluding carboxylic acids is 3. The number of aliphatic hydroxyl groups is 1. The van der Waals surface area contributed by atoms with Gasteiger partial charge in [0, 0.05) is 12.8 Å². The third-order valence-electron chi connectivity index (χ3n) is 4.75. The minimum atomic E-state index is -1.47. The molecule has 1 rings (SSSR count). The van der Waals surface area contributed by atoms with Crippen LogP contribution in [0.3, 0.4) is 0 Å². The summed E-state index contributed by atoms with van der Waals surface area (Å²) in [4.78, 5) is 59.6. The Morgan fingerprint density at radius 1 is 0.879 bits per heavy atom. The number of carboxylic acid groups (broad SMARTS) is 2. The van der Waals surface area contributed by atoms with Crippen LogP contribution in [-0.2, 0) is 30.4 Å². The van der Waals surface area contributed by atoms with Gasteiger partial charge in [0.05, 0.1) is 6.10 Å². The van der Waals surface area contributed by atoms with Gasteiger partial charge in [0.1, 0.15) is 24.2 Å². The normalized spacial score (nSPS) is 15.3. The predicted octanol–water partition coefficient (Wildman–Crippen LogP) is -1.64. The number of hydrogen-bond donors (Lipinski definition) is 7. The van der Waals surface area contributed by atoms with E-state index in [0.29, 0.717) is 5.56 Å². The quantitative estimate of drug-likeness (QED) is 0.178. The highest BCUT2D eigenvalue weighted by molar-refractivity contribution is 5.94. The summed E-state index contributed by atoms with van der Waals surface area (Å²) >= 11 is 0. The maximum atomic E-state index is 12.8. The number of hydrogen-bond acceptors (Lipinski definition) is 7. The molecule has 5 atom stereocenters. The van der Waals surface area contributed by atoms with Crippen LogP contribution in [0.2, 0.25) is 0 Å². The minimum absolute atomic E-state index is 0.0114. The number of aliphatic hydroxyl groups excluding tert-OH is 1. The van der Waals surface area contributed by atoms with Gasteiger partial charge in [-0.05, 0) is 25.8 Å². The molecule has 33 heavy (non-hydrogen) atoms. The van der Waals surface area contributed by atoms with Crippen molar-refractivity contribution in [1.29, 1.82) is 0 Å². The van der Waals surface area contributed by atoms with Gasteiger partial charge < -0.3 is 37.0 Å². The summed E-state index contributed by atoms with van der Waals surface area (Å²) in [6, 6.07) is 3.56. The van der Waals surface area contributed by atoms with Gasteiger partial charge in [-0.3, -0.25) is 19.2 Å². The lowest BCUT2D eigenvalue weighted by Gasteiger charge is -2.24. The molecule has 12 nitrogen and oxygen atoms in total. The van der Waals surface area contributed by atoms with E-state index in [4.69, 9.17) is 10.8 Å². The highest BCUT2D eigenvalue weighted by atomic mass is 16.4. The van der Waals surface area contributed by atoms with Crippen molar-refractivity contribution in [1.82, 2.24) is 16.0 Å². The summed E-state index contributed by atoms with van der Waals surface area (Å²) in [5, 5.41) is 34.5. The van der Waals surface area contributed by atoms with E-state index < -0.39 is 66.4 Å². The fraction of sp³-hybridized carbons (Fsp3) is 0.476. The highest BCUT2D eigenvalue weighted by Crippen LogP contribution is 2.06. The molecule has 3 amide bonds. The molecule has 0 aliphatic carbocycles. The molecule has 1 aromatic carbocycles. The molecule has 0 aliphatic heterocycles. The van der Waals surface area contributed by atoms with E-state index in [0.717, 1.165) is 0 Å². The summed E-state index contributed by atoms with van der Waals surface area (Å²) in [5.41, 5.74) is 6.21. The molecule has 0 saturated heterocycles. The number of nitrogens with one attached hydrogen (secondary N) is 3. The Balaban J connectivity index is 2.95. The molecule has 8 N–H and O–H groups in total. The second-order valence-corrected chi connectivity index (χ2v) is 7.58. The van der Waals surface area contributed by atoms with Crippen LogP contribution in [0.15, 0.2) is 30.3 Å². The number of rotatable bonds is 13. The van der Waals surface area contributed by atoms with Crippen LogP contribution >= 0.6 is 0 Å². The molecule has 0 saturated carbocycles. The number of benzene rings is 1. The van der Waals surface area contributed by atoms with Crippen molar-refractivity contribution in [2.24, 2.45) is 5.73 Å². The lowest BCUT2D eigenvalue weighted by Crippen LogP contribution is -2.57. The van der Waals surface area contributed by atoms with E-state index in [1.807, 2.05) is 0 Å². The predicted molar refractivity (Wildman–Crippen MR) is 116 cm³/mol. The van der Waals surface area contributed by atoms with Crippen molar-refractivity contribution in [2.45, 2.75) is 63.4 Å². The van der Waals surface area contributed by atoms with Crippen LogP contribution in [0, 0.1) is 0 Å². The molecule has 0 spiro atoms. The van der Waals surface area contributed by atoms with E-state index in [1.54, 1.807) is 30.3 Å². The first-order valence-electron chi connectivity index (χ1n) is 10.3. The Morgan fingerprint density at radius 2 is 1.45 bits per heavy atom. The molecule has 0 fully saturated rings. The lowest BCUT2D eigenvalue weighted by molar-refractivity contribution is -0.143. The molecule has 182 valence electrons. The summed E-state index contributed by atoms with van der Waals surface area (Å²) in [7, 11) is 0. The fourth-order valence-corrected chi connectivity index (χ4v) is 2.75. The Kier molecular flexibility index (Phi) is 11.0. The first kappa shape index (κ1) is 27.5. The Morgan fingerprint density at radius 3 is 1.97 bits per heavy atom. The third kappa shape index (κ3) is 9.66. The Bertz CT molecular complexity index is 846. The van der Waals surface area contributed by atoms with Gasteiger partial charge >= 0.3 is 11.9 Å². The molecule has 1 aromatic rings. The number of aliphatic carboxylic acids is 2. The van der Waals surface area contributed by atoms with Crippen molar-refractivity contribution in [3.8, 4) is 0 Å². The van der Waals surface area contributed by atoms with Crippen molar-refractivity contribution in [3.63, 3.8) is 0 Å². The van der Waals surface area contributed by atoms with Crippen molar-refractivity contribution in [3.05, 3.63) is 35.9 Å². The van der Waals surface area contributed by atoms with E-state index in [9.17, 15) is 34.2 Å². The van der Waals surface area contributed by atoms with E-state index in [-0.39, 0.29) is 12.8 Å². The number of amides is 3. The average molecular weight is 466 g/mol. The zero-order valence-corrected chi connectivity index (χ0v) is 18.4. The van der Waals surface area contributed by atoms with Crippen molar-refractivity contribution in [2.75, 3.05) is 0 Å². The second-order valence-electron chi connectivity index (χ2n) is 7.58. The van der Waals surface area contributed by atoms with Crippen LogP contribution in [0.4, 0.5) is 0 Å². The molecule has 0 aromatic heterocycles. The minimum Gasteiger partial charge on any atom is -0.481 e. The first-order valence-corrected chi connectivity index (χ1v) is 10.3. The highest BCUT2D eigenvalue weighted by Gasteiger charge is 2.29. The topological polar surface area (TPSA) is 208 Å². The van der Waals surface area contributed by atoms with Crippen LogP contribution in [0.1, 0.15) is 32.3 Å². The molecular formula is C21H30N4O8. The van der Waals surface area contributed by atoms with Gasteiger partial charge in [-0.2, -0.15) is 0 Å². The van der Waals surface area contributed by atoms with Crippen molar-refractivity contribution < 1.29 is 39.3 Å². The zero-order valence-electron chi connectivity index (χ0n) is 18.4. The molecule has 0 aliphatic rings. The monoisotopic (exact) mass is 466 g/mol. The zero-order chi connectivity index (χ0) is 25.1. The largest absolute Gasteiger partial charge is 0.481 e. The fourth-order valence-electron chi connectivity index (χ4n) is 2.75. The number of nitrogens with two attached hydrogens (primary N) is 1. The molecule has 0 heterocycles. The maximum Gasteiger partial charge on any atom is 0.326 e. The smallest absolute Gasteiger partial charge is 0.326 e. The first-order chi connectivity index (χ1) is 15.4. The van der Waals surface area contributed by atoms with Crippen LogP contribution in [0.25, 0.3) is 0 Å². The van der Waals surface area contributed by atoms with Gasteiger partial charge in [0.25, 0.3) is 0 Å². The Hall–Kier alpha value is -3.51. The van der Waals surface area contributed by atoms with Crippen LogP contribution in [-0.4, -0.2) is 75.3 Å². The summed E-state index contributed by atoms with van der Waals surface area (Å²) < 4.78 is 0. The lowest BCUT2D eigenvalue weighted by atomic mass is 10.0.